The van der Waals surface area contributed by atoms with Crippen molar-refractivity contribution in [2.75, 3.05) is 32.8 Å². The van der Waals surface area contributed by atoms with Crippen molar-refractivity contribution in [2.45, 2.75) is 26.8 Å². The first-order chi connectivity index (χ1) is 12.5. The number of halogens is 1. The number of carbonyl (C=O) groups excluding carboxylic acids is 1. The number of hydrogen-bond donors (Lipinski definition) is 0. The number of aromatic nitrogens is 1. The molecule has 3 rings (SSSR count). The molecule has 1 aliphatic heterocycles. The van der Waals surface area contributed by atoms with Gasteiger partial charge >= 0.3 is 0 Å². The molecule has 0 radical (unpaired) electrons. The summed E-state index contributed by atoms with van der Waals surface area (Å²) < 4.78 is 23.8. The number of amides is 1. The van der Waals surface area contributed by atoms with Gasteiger partial charge in [0.2, 0.25) is 0 Å². The topological polar surface area (TPSA) is 58.8 Å². The molecule has 140 valence electrons. The summed E-state index contributed by atoms with van der Waals surface area (Å²) in [7, 11) is 0. The zero-order valence-corrected chi connectivity index (χ0v) is 15.2. The molecule has 2 aromatic rings. The predicted octanol–water partition coefficient (Wildman–Crippen LogP) is 2.54. The van der Waals surface area contributed by atoms with Gasteiger partial charge in [0, 0.05) is 44.4 Å². The highest BCUT2D eigenvalue weighted by molar-refractivity contribution is 5.77. The smallest absolute Gasteiger partial charge is 0.260 e. The van der Waals surface area contributed by atoms with Crippen LogP contribution in [0.1, 0.15) is 23.4 Å². The van der Waals surface area contributed by atoms with Gasteiger partial charge in [0.1, 0.15) is 17.3 Å². The van der Waals surface area contributed by atoms with E-state index in [9.17, 15) is 9.18 Å². The molecule has 2 heterocycles. The SMILES string of the molecule is Cc1noc(C)c1CN1CCCN(C(=O)COc2cccc(F)c2)CC1. The monoisotopic (exact) mass is 361 g/mol. The van der Waals surface area contributed by atoms with Gasteiger partial charge in [-0.2, -0.15) is 0 Å². The summed E-state index contributed by atoms with van der Waals surface area (Å²) in [4.78, 5) is 16.5. The summed E-state index contributed by atoms with van der Waals surface area (Å²) in [6.07, 6.45) is 0.898. The molecular weight excluding hydrogens is 337 g/mol. The van der Waals surface area contributed by atoms with E-state index in [2.05, 4.69) is 10.1 Å². The number of aryl methyl sites for hydroxylation is 2. The molecule has 0 N–H and O–H groups in total. The Labute approximate surface area is 152 Å². The number of hydrogen-bond acceptors (Lipinski definition) is 5. The van der Waals surface area contributed by atoms with Crippen LogP contribution in [0.2, 0.25) is 0 Å². The maximum absolute atomic E-state index is 13.2. The Kier molecular flexibility index (Phi) is 5.88. The van der Waals surface area contributed by atoms with E-state index < -0.39 is 0 Å². The molecule has 1 aliphatic rings. The second-order valence-electron chi connectivity index (χ2n) is 6.56. The lowest BCUT2D eigenvalue weighted by atomic mass is 10.2. The van der Waals surface area contributed by atoms with E-state index in [0.717, 1.165) is 43.1 Å². The minimum Gasteiger partial charge on any atom is -0.484 e. The average Bonchev–Trinajstić information content (AvgIpc) is 2.82. The molecule has 0 aliphatic carbocycles. The summed E-state index contributed by atoms with van der Waals surface area (Å²) in [5, 5.41) is 4.00. The number of rotatable bonds is 5. The standard InChI is InChI=1S/C19H24FN3O3/c1-14-18(15(2)26-21-14)12-22-7-4-8-23(10-9-22)19(24)13-25-17-6-3-5-16(20)11-17/h3,5-6,11H,4,7-10,12-13H2,1-2H3. The molecule has 26 heavy (non-hydrogen) atoms. The molecule has 7 heteroatoms. The van der Waals surface area contributed by atoms with Crippen molar-refractivity contribution in [3.63, 3.8) is 0 Å². The van der Waals surface area contributed by atoms with E-state index in [1.165, 1.54) is 12.1 Å². The van der Waals surface area contributed by atoms with Crippen molar-refractivity contribution in [1.29, 1.82) is 0 Å². The molecule has 6 nitrogen and oxygen atoms in total. The summed E-state index contributed by atoms with van der Waals surface area (Å²) in [6.45, 7) is 7.62. The van der Waals surface area contributed by atoms with Gasteiger partial charge in [-0.15, -0.1) is 0 Å². The fourth-order valence-corrected chi connectivity index (χ4v) is 3.12. The van der Waals surface area contributed by atoms with Crippen molar-refractivity contribution in [1.82, 2.24) is 15.0 Å². The third-order valence-electron chi connectivity index (χ3n) is 4.66. The molecule has 0 atom stereocenters. The predicted molar refractivity (Wildman–Crippen MR) is 94.3 cm³/mol. The third-order valence-corrected chi connectivity index (χ3v) is 4.66. The van der Waals surface area contributed by atoms with E-state index in [4.69, 9.17) is 9.26 Å². The van der Waals surface area contributed by atoms with Gasteiger partial charge in [0.05, 0.1) is 5.69 Å². The number of ether oxygens (including phenoxy) is 1. The van der Waals surface area contributed by atoms with E-state index >= 15 is 0 Å². The average molecular weight is 361 g/mol. The third kappa shape index (κ3) is 4.60. The minimum atomic E-state index is -0.375. The summed E-state index contributed by atoms with van der Waals surface area (Å²) >= 11 is 0. The lowest BCUT2D eigenvalue weighted by Crippen LogP contribution is -2.38. The highest BCUT2D eigenvalue weighted by Crippen LogP contribution is 2.17. The van der Waals surface area contributed by atoms with E-state index in [1.807, 2.05) is 18.7 Å². The summed E-state index contributed by atoms with van der Waals surface area (Å²) in [6, 6.07) is 5.83. The van der Waals surface area contributed by atoms with Crippen molar-refractivity contribution >= 4 is 5.91 Å². The van der Waals surface area contributed by atoms with Crippen molar-refractivity contribution in [3.05, 3.63) is 47.1 Å². The van der Waals surface area contributed by atoms with Crippen LogP contribution in [0.4, 0.5) is 4.39 Å². The van der Waals surface area contributed by atoms with E-state index in [1.54, 1.807) is 12.1 Å². The first-order valence-electron chi connectivity index (χ1n) is 8.83. The molecule has 0 unspecified atom stereocenters. The second kappa shape index (κ2) is 8.31. The van der Waals surface area contributed by atoms with Gasteiger partial charge in [-0.3, -0.25) is 9.69 Å². The number of nitrogens with zero attached hydrogens (tertiary/aromatic N) is 3. The molecule has 1 saturated heterocycles. The Morgan fingerprint density at radius 2 is 2.12 bits per heavy atom. The zero-order valence-electron chi connectivity index (χ0n) is 15.2. The normalized spacial score (nSPS) is 15.7. The summed E-state index contributed by atoms with van der Waals surface area (Å²) in [5.74, 6) is 0.768. The molecule has 1 aromatic heterocycles. The van der Waals surface area contributed by atoms with Gasteiger partial charge in [-0.05, 0) is 32.4 Å². The summed E-state index contributed by atoms with van der Waals surface area (Å²) in [5.41, 5.74) is 2.04. The lowest BCUT2D eigenvalue weighted by Gasteiger charge is -2.22. The number of carbonyl (C=O) groups is 1. The van der Waals surface area contributed by atoms with Crippen LogP contribution in [0, 0.1) is 19.7 Å². The Morgan fingerprint density at radius 3 is 2.85 bits per heavy atom. The van der Waals surface area contributed by atoms with Crippen LogP contribution in [0.15, 0.2) is 28.8 Å². The van der Waals surface area contributed by atoms with Crippen LogP contribution in [-0.4, -0.2) is 53.6 Å². The minimum absolute atomic E-state index is 0.0755. The lowest BCUT2D eigenvalue weighted by molar-refractivity contribution is -0.133. The molecule has 1 fully saturated rings. The maximum atomic E-state index is 13.2. The largest absolute Gasteiger partial charge is 0.484 e. The number of benzene rings is 1. The van der Waals surface area contributed by atoms with Crippen LogP contribution in [0.5, 0.6) is 5.75 Å². The molecule has 0 spiro atoms. The molecule has 1 amide bonds. The van der Waals surface area contributed by atoms with Crippen LogP contribution >= 0.6 is 0 Å². The fourth-order valence-electron chi connectivity index (χ4n) is 3.12. The van der Waals surface area contributed by atoms with E-state index in [0.29, 0.717) is 18.8 Å². The highest BCUT2D eigenvalue weighted by atomic mass is 19.1. The molecule has 1 aromatic carbocycles. The first-order valence-corrected chi connectivity index (χ1v) is 8.83. The Hall–Kier alpha value is -2.41. The molecule has 0 bridgehead atoms. The van der Waals surface area contributed by atoms with Gasteiger partial charge < -0.3 is 14.2 Å². The van der Waals surface area contributed by atoms with Crippen LogP contribution in [-0.2, 0) is 11.3 Å². The Balaban J connectivity index is 1.50. The molecular formula is C19H24FN3O3. The van der Waals surface area contributed by atoms with Gasteiger partial charge in [-0.1, -0.05) is 11.2 Å². The van der Waals surface area contributed by atoms with Gasteiger partial charge in [0.15, 0.2) is 6.61 Å². The van der Waals surface area contributed by atoms with Crippen LogP contribution in [0.3, 0.4) is 0 Å². The fraction of sp³-hybridized carbons (Fsp3) is 0.474. The van der Waals surface area contributed by atoms with Crippen LogP contribution in [0.25, 0.3) is 0 Å². The van der Waals surface area contributed by atoms with Crippen molar-refractivity contribution in [3.8, 4) is 5.75 Å². The Bertz CT molecular complexity index is 743. The zero-order chi connectivity index (χ0) is 18.5. The highest BCUT2D eigenvalue weighted by Gasteiger charge is 2.21. The first kappa shape index (κ1) is 18.4. The maximum Gasteiger partial charge on any atom is 0.260 e. The van der Waals surface area contributed by atoms with Crippen LogP contribution < -0.4 is 4.74 Å². The van der Waals surface area contributed by atoms with Gasteiger partial charge in [-0.25, -0.2) is 4.39 Å². The Morgan fingerprint density at radius 1 is 1.27 bits per heavy atom. The van der Waals surface area contributed by atoms with Gasteiger partial charge in [0.25, 0.3) is 5.91 Å². The van der Waals surface area contributed by atoms with Crippen molar-refractivity contribution in [2.24, 2.45) is 0 Å². The van der Waals surface area contributed by atoms with E-state index in [-0.39, 0.29) is 18.3 Å². The van der Waals surface area contributed by atoms with Crippen molar-refractivity contribution < 1.29 is 18.4 Å². The quantitative estimate of drug-likeness (QED) is 0.819. The second-order valence-corrected chi connectivity index (χ2v) is 6.56. The molecule has 0 saturated carbocycles.